The molecule has 0 saturated heterocycles. The van der Waals surface area contributed by atoms with Crippen LogP contribution in [0.3, 0.4) is 0 Å². The third kappa shape index (κ3) is 2.75. The van der Waals surface area contributed by atoms with E-state index in [-0.39, 0.29) is 0 Å². The van der Waals surface area contributed by atoms with Gasteiger partial charge >= 0.3 is 5.97 Å². The molecule has 0 amide bonds. The molecule has 2 N–H and O–H groups in total. The lowest BCUT2D eigenvalue weighted by Gasteiger charge is -2.30. The summed E-state index contributed by atoms with van der Waals surface area (Å²) in [5, 5.41) is 7.12. The maximum atomic E-state index is 12.0. The normalized spacial score (nSPS) is 18.4. The van der Waals surface area contributed by atoms with Crippen molar-refractivity contribution < 1.29 is 9.53 Å². The Labute approximate surface area is 132 Å². The van der Waals surface area contributed by atoms with Crippen LogP contribution in [0.1, 0.15) is 18.5 Å². The smallest absolute Gasteiger partial charge is 0.337 e. The van der Waals surface area contributed by atoms with Crippen molar-refractivity contribution in [3.05, 3.63) is 45.1 Å². The lowest BCUT2D eigenvalue weighted by Crippen LogP contribution is -2.45. The van der Waals surface area contributed by atoms with Crippen molar-refractivity contribution in [3.8, 4) is 0 Å². The Morgan fingerprint density at radius 2 is 2.10 bits per heavy atom. The van der Waals surface area contributed by atoms with Crippen molar-refractivity contribution in [2.75, 3.05) is 7.11 Å². The minimum Gasteiger partial charge on any atom is -0.466 e. The van der Waals surface area contributed by atoms with Gasteiger partial charge in [-0.3, -0.25) is 0 Å². The maximum absolute atomic E-state index is 12.0. The van der Waals surface area contributed by atoms with Crippen LogP contribution in [0.2, 0.25) is 10.0 Å². The van der Waals surface area contributed by atoms with Gasteiger partial charge in [0.05, 0.1) is 28.8 Å². The summed E-state index contributed by atoms with van der Waals surface area (Å²) >= 11 is 17.4. The molecule has 7 heteroatoms. The Hall–Kier alpha value is -1.30. The SMILES string of the molecule is COC(=O)C1=C(C)NC(=S)N[C@H]1c1cccc(Cl)c1Cl. The zero-order chi connectivity index (χ0) is 14.9. The summed E-state index contributed by atoms with van der Waals surface area (Å²) < 4.78 is 4.82. The first kappa shape index (κ1) is 15.1. The second-order valence-electron chi connectivity index (χ2n) is 4.20. The number of nitrogens with one attached hydrogen (secondary N) is 2. The number of carbonyl (C=O) groups is 1. The second kappa shape index (κ2) is 5.99. The zero-order valence-corrected chi connectivity index (χ0v) is 13.1. The van der Waals surface area contributed by atoms with E-state index in [2.05, 4.69) is 10.6 Å². The summed E-state index contributed by atoms with van der Waals surface area (Å²) in [5.74, 6) is -0.453. The Morgan fingerprint density at radius 1 is 1.40 bits per heavy atom. The molecule has 1 atom stereocenters. The molecule has 1 aliphatic heterocycles. The highest BCUT2D eigenvalue weighted by molar-refractivity contribution is 7.80. The van der Waals surface area contributed by atoms with Gasteiger partial charge in [-0.1, -0.05) is 35.3 Å². The van der Waals surface area contributed by atoms with Crippen LogP contribution < -0.4 is 10.6 Å². The first-order chi connectivity index (χ1) is 9.45. The molecule has 0 aliphatic carbocycles. The third-order valence-corrected chi connectivity index (χ3v) is 4.02. The lowest BCUT2D eigenvalue weighted by atomic mass is 9.95. The predicted octanol–water partition coefficient (Wildman–Crippen LogP) is 2.96. The van der Waals surface area contributed by atoms with Gasteiger partial charge < -0.3 is 15.4 Å². The van der Waals surface area contributed by atoms with Crippen molar-refractivity contribution in [3.63, 3.8) is 0 Å². The molecule has 1 heterocycles. The van der Waals surface area contributed by atoms with Crippen molar-refractivity contribution in [1.82, 2.24) is 10.6 Å². The number of halogens is 2. The van der Waals surface area contributed by atoms with Crippen LogP contribution in [0.5, 0.6) is 0 Å². The summed E-state index contributed by atoms with van der Waals surface area (Å²) in [6, 6.07) is 4.74. The molecule has 4 nitrogen and oxygen atoms in total. The van der Waals surface area contributed by atoms with Crippen molar-refractivity contribution in [1.29, 1.82) is 0 Å². The van der Waals surface area contributed by atoms with E-state index >= 15 is 0 Å². The number of hydrogen-bond donors (Lipinski definition) is 2. The van der Waals surface area contributed by atoms with Gasteiger partial charge in [0.15, 0.2) is 5.11 Å². The molecule has 0 aromatic heterocycles. The van der Waals surface area contributed by atoms with Gasteiger partial charge in [0.25, 0.3) is 0 Å². The molecular formula is C13H12Cl2N2O2S. The van der Waals surface area contributed by atoms with E-state index in [1.54, 1.807) is 25.1 Å². The molecule has 1 aliphatic rings. The van der Waals surface area contributed by atoms with Crippen molar-refractivity contribution >= 4 is 46.5 Å². The van der Waals surface area contributed by atoms with Crippen LogP contribution >= 0.6 is 35.4 Å². The van der Waals surface area contributed by atoms with Crippen LogP contribution in [-0.2, 0) is 9.53 Å². The topological polar surface area (TPSA) is 50.4 Å². The van der Waals surface area contributed by atoms with Crippen LogP contribution in [0.4, 0.5) is 0 Å². The van der Waals surface area contributed by atoms with E-state index in [1.807, 2.05) is 0 Å². The van der Waals surface area contributed by atoms with Gasteiger partial charge in [-0.2, -0.15) is 0 Å². The molecule has 0 fully saturated rings. The Bertz CT molecular complexity index is 616. The van der Waals surface area contributed by atoms with Gasteiger partial charge in [-0.15, -0.1) is 0 Å². The minimum atomic E-state index is -0.498. The highest BCUT2D eigenvalue weighted by Gasteiger charge is 2.32. The summed E-state index contributed by atoms with van der Waals surface area (Å²) in [6.45, 7) is 1.75. The molecule has 1 aromatic carbocycles. The van der Waals surface area contributed by atoms with Crippen LogP contribution in [0.15, 0.2) is 29.5 Å². The van der Waals surface area contributed by atoms with E-state index < -0.39 is 12.0 Å². The predicted molar refractivity (Wildman–Crippen MR) is 82.8 cm³/mol. The third-order valence-electron chi connectivity index (χ3n) is 2.97. The number of allylic oxidation sites excluding steroid dienone is 1. The average molecular weight is 331 g/mol. The highest BCUT2D eigenvalue weighted by Crippen LogP contribution is 2.35. The fourth-order valence-electron chi connectivity index (χ4n) is 2.05. The summed E-state index contributed by atoms with van der Waals surface area (Å²) in [6.07, 6.45) is 0. The monoisotopic (exact) mass is 330 g/mol. The number of rotatable bonds is 2. The fourth-order valence-corrected chi connectivity index (χ4v) is 2.74. The Balaban J connectivity index is 2.57. The van der Waals surface area contributed by atoms with Gasteiger partial charge in [0, 0.05) is 5.70 Å². The lowest BCUT2D eigenvalue weighted by molar-refractivity contribution is -0.136. The molecule has 20 heavy (non-hydrogen) atoms. The molecule has 2 rings (SSSR count). The van der Waals surface area contributed by atoms with E-state index in [0.717, 1.165) is 0 Å². The molecule has 1 aromatic rings. The van der Waals surface area contributed by atoms with E-state index in [4.69, 9.17) is 40.2 Å². The molecule has 0 unspecified atom stereocenters. The number of methoxy groups -OCH3 is 1. The number of hydrogen-bond acceptors (Lipinski definition) is 3. The van der Waals surface area contributed by atoms with Crippen LogP contribution in [0, 0.1) is 0 Å². The van der Waals surface area contributed by atoms with E-state index in [9.17, 15) is 4.79 Å². The molecule has 0 radical (unpaired) electrons. The number of esters is 1. The number of carbonyl (C=O) groups excluding carboxylic acids is 1. The number of benzene rings is 1. The van der Waals surface area contributed by atoms with Crippen LogP contribution in [-0.4, -0.2) is 18.2 Å². The first-order valence-electron chi connectivity index (χ1n) is 5.76. The van der Waals surface area contributed by atoms with Gasteiger partial charge in [-0.05, 0) is 30.8 Å². The number of thiocarbonyl (C=S) groups is 1. The van der Waals surface area contributed by atoms with Gasteiger partial charge in [-0.25, -0.2) is 4.79 Å². The Morgan fingerprint density at radius 3 is 2.75 bits per heavy atom. The molecule has 0 bridgehead atoms. The quantitative estimate of drug-likeness (QED) is 0.645. The van der Waals surface area contributed by atoms with Gasteiger partial charge in [0.2, 0.25) is 0 Å². The highest BCUT2D eigenvalue weighted by atomic mass is 35.5. The van der Waals surface area contributed by atoms with Crippen molar-refractivity contribution in [2.45, 2.75) is 13.0 Å². The average Bonchev–Trinajstić information content (AvgIpc) is 2.40. The summed E-state index contributed by atoms with van der Waals surface area (Å²) in [7, 11) is 1.33. The standard InChI is InChI=1S/C13H12Cl2N2O2S/c1-6-9(12(18)19-2)11(17-13(20)16-6)7-4-3-5-8(14)10(7)15/h3-5,11H,1-2H3,(H2,16,17,20)/t11-/m0/s1. The first-order valence-corrected chi connectivity index (χ1v) is 6.92. The number of ether oxygens (including phenoxy) is 1. The van der Waals surface area contributed by atoms with Crippen LogP contribution in [0.25, 0.3) is 0 Å². The minimum absolute atomic E-state index is 0.380. The molecule has 0 spiro atoms. The van der Waals surface area contributed by atoms with Gasteiger partial charge in [0.1, 0.15) is 0 Å². The molecule has 106 valence electrons. The summed E-state index contributed by atoms with van der Waals surface area (Å²) in [4.78, 5) is 12.0. The fraction of sp³-hybridized carbons (Fsp3) is 0.231. The molecule has 0 saturated carbocycles. The molecular weight excluding hydrogens is 319 g/mol. The second-order valence-corrected chi connectivity index (χ2v) is 5.40. The van der Waals surface area contributed by atoms with E-state index in [0.29, 0.717) is 32.0 Å². The largest absolute Gasteiger partial charge is 0.466 e. The maximum Gasteiger partial charge on any atom is 0.337 e. The zero-order valence-electron chi connectivity index (χ0n) is 10.8. The van der Waals surface area contributed by atoms with Crippen molar-refractivity contribution in [2.24, 2.45) is 0 Å². The Kier molecular flexibility index (Phi) is 4.52. The summed E-state index contributed by atoms with van der Waals surface area (Å²) in [5.41, 5.74) is 1.72. The van der Waals surface area contributed by atoms with E-state index in [1.165, 1.54) is 7.11 Å².